The Morgan fingerprint density at radius 1 is 1.33 bits per heavy atom. The summed E-state index contributed by atoms with van der Waals surface area (Å²) in [6.07, 6.45) is 4.40. The SMILES string of the molecule is CCc1cc(F)ccc1CCCC1(C)[C@H](C)N1C. The molecule has 18 heavy (non-hydrogen) atoms. The molecule has 0 bridgehead atoms. The fourth-order valence-corrected chi connectivity index (χ4v) is 3.00. The van der Waals surface area contributed by atoms with Gasteiger partial charge in [0, 0.05) is 11.6 Å². The van der Waals surface area contributed by atoms with Crippen LogP contribution in [0.1, 0.15) is 44.7 Å². The van der Waals surface area contributed by atoms with Crippen LogP contribution in [0.2, 0.25) is 0 Å². The van der Waals surface area contributed by atoms with Crippen LogP contribution < -0.4 is 0 Å². The van der Waals surface area contributed by atoms with Gasteiger partial charge < -0.3 is 0 Å². The molecule has 3 atom stereocenters. The predicted octanol–water partition coefficient (Wildman–Crippen LogP) is 3.80. The highest BCUT2D eigenvalue weighted by molar-refractivity contribution is 5.28. The summed E-state index contributed by atoms with van der Waals surface area (Å²) in [4.78, 5) is 2.43. The minimum absolute atomic E-state index is 0.113. The fourth-order valence-electron chi connectivity index (χ4n) is 3.00. The Labute approximate surface area is 110 Å². The first-order valence-electron chi connectivity index (χ1n) is 6.99. The summed E-state index contributed by atoms with van der Waals surface area (Å²) < 4.78 is 13.2. The van der Waals surface area contributed by atoms with Gasteiger partial charge in [0.2, 0.25) is 0 Å². The molecule has 0 N–H and O–H groups in total. The zero-order chi connectivity index (χ0) is 13.3. The maximum absolute atomic E-state index is 13.2. The first-order chi connectivity index (χ1) is 8.49. The summed E-state index contributed by atoms with van der Waals surface area (Å²) in [6.45, 7) is 6.72. The van der Waals surface area contributed by atoms with E-state index in [1.807, 2.05) is 6.07 Å². The number of benzene rings is 1. The molecular weight excluding hydrogens is 225 g/mol. The van der Waals surface area contributed by atoms with Crippen molar-refractivity contribution in [3.63, 3.8) is 0 Å². The molecule has 1 heterocycles. The summed E-state index contributed by atoms with van der Waals surface area (Å²) in [5.74, 6) is -0.113. The highest BCUT2D eigenvalue weighted by Crippen LogP contribution is 2.42. The molecule has 1 aromatic carbocycles. The molecule has 0 aromatic heterocycles. The molecule has 2 heteroatoms. The average molecular weight is 249 g/mol. The van der Waals surface area contributed by atoms with Crippen LogP contribution in [0.5, 0.6) is 0 Å². The third-order valence-corrected chi connectivity index (χ3v) is 4.90. The minimum atomic E-state index is -0.113. The highest BCUT2D eigenvalue weighted by Gasteiger charge is 2.52. The topological polar surface area (TPSA) is 3.01 Å². The van der Waals surface area contributed by atoms with E-state index in [1.54, 1.807) is 12.1 Å². The van der Waals surface area contributed by atoms with Crippen LogP contribution >= 0.6 is 0 Å². The van der Waals surface area contributed by atoms with Gasteiger partial charge in [-0.05, 0) is 69.8 Å². The summed E-state index contributed by atoms with van der Waals surface area (Å²) in [6, 6.07) is 5.93. The molecular formula is C16H24FN. The number of hydrogen-bond donors (Lipinski definition) is 0. The van der Waals surface area contributed by atoms with E-state index in [-0.39, 0.29) is 5.82 Å². The van der Waals surface area contributed by atoms with Crippen LogP contribution in [0, 0.1) is 5.82 Å². The van der Waals surface area contributed by atoms with Crippen LogP contribution in [0.15, 0.2) is 18.2 Å². The van der Waals surface area contributed by atoms with Crippen LogP contribution in [0.4, 0.5) is 4.39 Å². The van der Waals surface area contributed by atoms with Gasteiger partial charge in [-0.25, -0.2) is 4.39 Å². The van der Waals surface area contributed by atoms with Crippen LogP contribution in [0.3, 0.4) is 0 Å². The molecule has 1 saturated heterocycles. The maximum Gasteiger partial charge on any atom is 0.123 e. The Balaban J connectivity index is 1.91. The van der Waals surface area contributed by atoms with E-state index in [2.05, 4.69) is 32.7 Å². The van der Waals surface area contributed by atoms with Crippen LogP contribution in [-0.4, -0.2) is 23.5 Å². The molecule has 0 saturated carbocycles. The van der Waals surface area contributed by atoms with E-state index in [0.29, 0.717) is 11.6 Å². The number of nitrogens with zero attached hydrogens (tertiary/aromatic N) is 1. The van der Waals surface area contributed by atoms with Gasteiger partial charge in [0.05, 0.1) is 0 Å². The smallest absolute Gasteiger partial charge is 0.123 e. The third-order valence-electron chi connectivity index (χ3n) is 4.90. The molecule has 1 aliphatic rings. The van der Waals surface area contributed by atoms with E-state index in [9.17, 15) is 4.39 Å². The fraction of sp³-hybridized carbons (Fsp3) is 0.625. The Morgan fingerprint density at radius 3 is 2.56 bits per heavy atom. The second-order valence-corrected chi connectivity index (χ2v) is 5.76. The molecule has 1 aliphatic heterocycles. The Bertz CT molecular complexity index is 419. The van der Waals surface area contributed by atoms with Crippen molar-refractivity contribution in [3.05, 3.63) is 35.1 Å². The van der Waals surface area contributed by atoms with Gasteiger partial charge in [0.15, 0.2) is 0 Å². The molecule has 1 fully saturated rings. The van der Waals surface area contributed by atoms with Crippen LogP contribution in [0.25, 0.3) is 0 Å². The standard InChI is InChI=1S/C16H24FN/c1-5-13-11-15(17)9-8-14(13)7-6-10-16(3)12(2)18(16)4/h8-9,11-12H,5-7,10H2,1-4H3/t12-,16?,18?/m0/s1. The lowest BCUT2D eigenvalue weighted by atomic mass is 9.95. The number of hydrogen-bond acceptors (Lipinski definition) is 1. The molecule has 0 aliphatic carbocycles. The number of halogens is 1. The van der Waals surface area contributed by atoms with Crippen molar-refractivity contribution >= 4 is 0 Å². The largest absolute Gasteiger partial charge is 0.295 e. The summed E-state index contributed by atoms with van der Waals surface area (Å²) in [7, 11) is 2.19. The predicted molar refractivity (Wildman–Crippen MR) is 74.3 cm³/mol. The van der Waals surface area contributed by atoms with Crippen molar-refractivity contribution in [2.45, 2.75) is 58.0 Å². The molecule has 1 aromatic rings. The lowest BCUT2D eigenvalue weighted by Gasteiger charge is -2.12. The lowest BCUT2D eigenvalue weighted by Crippen LogP contribution is -2.12. The molecule has 0 radical (unpaired) electrons. The van der Waals surface area contributed by atoms with E-state index in [4.69, 9.17) is 0 Å². The molecule has 100 valence electrons. The van der Waals surface area contributed by atoms with E-state index in [1.165, 1.54) is 18.4 Å². The Kier molecular flexibility index (Phi) is 3.76. The number of rotatable bonds is 5. The normalized spacial score (nSPS) is 30.5. The second kappa shape index (κ2) is 5.00. The van der Waals surface area contributed by atoms with E-state index >= 15 is 0 Å². The van der Waals surface area contributed by atoms with Crippen molar-refractivity contribution in [1.29, 1.82) is 0 Å². The number of likely N-dealkylation sites (N-methyl/N-ethyl adjacent to an activating group) is 1. The first kappa shape index (κ1) is 13.5. The number of aryl methyl sites for hydroxylation is 2. The van der Waals surface area contributed by atoms with E-state index in [0.717, 1.165) is 18.4 Å². The van der Waals surface area contributed by atoms with Crippen molar-refractivity contribution in [3.8, 4) is 0 Å². The minimum Gasteiger partial charge on any atom is -0.295 e. The van der Waals surface area contributed by atoms with Gasteiger partial charge in [-0.1, -0.05) is 13.0 Å². The van der Waals surface area contributed by atoms with Gasteiger partial charge in [-0.2, -0.15) is 0 Å². The first-order valence-corrected chi connectivity index (χ1v) is 6.99. The molecule has 1 nitrogen and oxygen atoms in total. The van der Waals surface area contributed by atoms with Crippen molar-refractivity contribution in [2.24, 2.45) is 0 Å². The highest BCUT2D eigenvalue weighted by atomic mass is 19.1. The summed E-state index contributed by atoms with van der Waals surface area (Å²) in [5.41, 5.74) is 2.88. The quantitative estimate of drug-likeness (QED) is 0.717. The second-order valence-electron chi connectivity index (χ2n) is 5.76. The monoisotopic (exact) mass is 249 g/mol. The van der Waals surface area contributed by atoms with Crippen LogP contribution in [-0.2, 0) is 12.8 Å². The molecule has 2 rings (SSSR count). The average Bonchev–Trinajstić information content (AvgIpc) is 2.82. The van der Waals surface area contributed by atoms with Gasteiger partial charge in [-0.3, -0.25) is 4.90 Å². The molecule has 2 unspecified atom stereocenters. The Hall–Kier alpha value is -0.890. The van der Waals surface area contributed by atoms with Gasteiger partial charge in [0.1, 0.15) is 5.82 Å². The maximum atomic E-state index is 13.2. The zero-order valence-corrected chi connectivity index (χ0v) is 12.0. The van der Waals surface area contributed by atoms with E-state index < -0.39 is 0 Å². The molecule has 0 spiro atoms. The van der Waals surface area contributed by atoms with Crippen molar-refractivity contribution in [1.82, 2.24) is 4.90 Å². The van der Waals surface area contributed by atoms with Crippen molar-refractivity contribution < 1.29 is 4.39 Å². The summed E-state index contributed by atoms with van der Waals surface area (Å²) >= 11 is 0. The van der Waals surface area contributed by atoms with Crippen molar-refractivity contribution in [2.75, 3.05) is 7.05 Å². The Morgan fingerprint density at radius 2 is 2.00 bits per heavy atom. The lowest BCUT2D eigenvalue weighted by molar-refractivity contribution is 0.453. The molecule has 0 amide bonds. The van der Waals surface area contributed by atoms with Gasteiger partial charge in [0.25, 0.3) is 0 Å². The van der Waals surface area contributed by atoms with Gasteiger partial charge >= 0.3 is 0 Å². The summed E-state index contributed by atoms with van der Waals surface area (Å²) in [5, 5.41) is 0. The third kappa shape index (κ3) is 2.44. The zero-order valence-electron chi connectivity index (χ0n) is 12.0. The van der Waals surface area contributed by atoms with Gasteiger partial charge in [-0.15, -0.1) is 0 Å².